The molecule has 3 aromatic rings. The minimum atomic E-state index is -0.424. The number of nitrogens with one attached hydrogen (secondary N) is 1. The number of halogens is 1. The summed E-state index contributed by atoms with van der Waals surface area (Å²) < 4.78 is 20.1. The molecule has 156 valence electrons. The van der Waals surface area contributed by atoms with E-state index in [0.29, 0.717) is 23.2 Å². The molecule has 0 bridgehead atoms. The molecular weight excluding hydrogens is 407 g/mol. The number of benzene rings is 2. The van der Waals surface area contributed by atoms with Gasteiger partial charge in [-0.1, -0.05) is 48.2 Å². The fraction of sp³-hybridized carbons (Fsp3) is 0.238. The van der Waals surface area contributed by atoms with Crippen molar-refractivity contribution < 1.29 is 18.7 Å². The van der Waals surface area contributed by atoms with Gasteiger partial charge in [-0.2, -0.15) is 0 Å². The standard InChI is InChI=1S/C21H21FN4O3S/c1-2-29-20(28)12-18-24-25-21(26(18)13-15-7-4-3-5-8-15)30-14-19(27)23-17-10-6-9-16(22)11-17/h3-11H,2,12-14H2,1H3,(H,23,27). The number of hydrogen-bond acceptors (Lipinski definition) is 6. The van der Waals surface area contributed by atoms with Gasteiger partial charge in [-0.25, -0.2) is 4.39 Å². The minimum Gasteiger partial charge on any atom is -0.466 e. The summed E-state index contributed by atoms with van der Waals surface area (Å²) in [7, 11) is 0. The number of thioether (sulfide) groups is 1. The molecule has 1 amide bonds. The van der Waals surface area contributed by atoms with E-state index >= 15 is 0 Å². The van der Waals surface area contributed by atoms with Crippen LogP contribution >= 0.6 is 11.8 Å². The predicted octanol–water partition coefficient (Wildman–Crippen LogP) is 3.30. The SMILES string of the molecule is CCOC(=O)Cc1nnc(SCC(=O)Nc2cccc(F)c2)n1Cc1ccccc1. The van der Waals surface area contributed by atoms with Crippen LogP contribution in [0.4, 0.5) is 10.1 Å². The van der Waals surface area contributed by atoms with Crippen molar-refractivity contribution in [3.63, 3.8) is 0 Å². The van der Waals surface area contributed by atoms with Gasteiger partial charge in [-0.3, -0.25) is 9.59 Å². The van der Waals surface area contributed by atoms with Gasteiger partial charge in [-0.05, 0) is 30.7 Å². The third kappa shape index (κ3) is 6.15. The fourth-order valence-electron chi connectivity index (χ4n) is 2.72. The predicted molar refractivity (Wildman–Crippen MR) is 112 cm³/mol. The largest absolute Gasteiger partial charge is 0.466 e. The maximum atomic E-state index is 13.3. The maximum Gasteiger partial charge on any atom is 0.313 e. The Hall–Kier alpha value is -3.20. The monoisotopic (exact) mass is 428 g/mol. The number of anilines is 1. The molecule has 0 saturated carbocycles. The Kier molecular flexibility index (Phi) is 7.56. The van der Waals surface area contributed by atoms with Crippen LogP contribution in [0.1, 0.15) is 18.3 Å². The van der Waals surface area contributed by atoms with E-state index in [1.807, 2.05) is 30.3 Å². The molecule has 0 atom stereocenters. The number of carbonyl (C=O) groups excluding carboxylic acids is 2. The minimum absolute atomic E-state index is 0.0102. The molecule has 9 heteroatoms. The number of hydrogen-bond donors (Lipinski definition) is 1. The van der Waals surface area contributed by atoms with Crippen LogP contribution in [-0.4, -0.2) is 39.0 Å². The van der Waals surface area contributed by atoms with E-state index < -0.39 is 5.82 Å². The zero-order valence-electron chi connectivity index (χ0n) is 16.4. The molecule has 1 aromatic heterocycles. The van der Waals surface area contributed by atoms with Gasteiger partial charge in [0.15, 0.2) is 5.16 Å². The lowest BCUT2D eigenvalue weighted by Crippen LogP contribution is -2.16. The van der Waals surface area contributed by atoms with Crippen molar-refractivity contribution in [2.24, 2.45) is 0 Å². The Morgan fingerprint density at radius 2 is 1.93 bits per heavy atom. The number of carbonyl (C=O) groups is 2. The second-order valence-corrected chi connectivity index (χ2v) is 7.24. The summed E-state index contributed by atoms with van der Waals surface area (Å²) >= 11 is 1.19. The highest BCUT2D eigenvalue weighted by molar-refractivity contribution is 7.99. The van der Waals surface area contributed by atoms with Crippen LogP contribution in [0.3, 0.4) is 0 Å². The molecule has 2 aromatic carbocycles. The van der Waals surface area contributed by atoms with Gasteiger partial charge in [0, 0.05) is 5.69 Å². The molecule has 0 aliphatic heterocycles. The van der Waals surface area contributed by atoms with E-state index in [1.165, 1.54) is 30.0 Å². The maximum absolute atomic E-state index is 13.3. The highest BCUT2D eigenvalue weighted by Crippen LogP contribution is 2.20. The molecule has 1 N–H and O–H groups in total. The van der Waals surface area contributed by atoms with E-state index in [1.54, 1.807) is 17.6 Å². The van der Waals surface area contributed by atoms with Crippen molar-refractivity contribution in [2.45, 2.75) is 25.0 Å². The molecule has 0 unspecified atom stereocenters. The van der Waals surface area contributed by atoms with Gasteiger partial charge in [-0.15, -0.1) is 10.2 Å². The van der Waals surface area contributed by atoms with Crippen molar-refractivity contribution in [1.82, 2.24) is 14.8 Å². The number of amides is 1. The van der Waals surface area contributed by atoms with Crippen molar-refractivity contribution in [2.75, 3.05) is 17.7 Å². The average molecular weight is 428 g/mol. The van der Waals surface area contributed by atoms with Crippen molar-refractivity contribution in [3.05, 3.63) is 71.8 Å². The highest BCUT2D eigenvalue weighted by Gasteiger charge is 2.18. The lowest BCUT2D eigenvalue weighted by Gasteiger charge is -2.10. The van der Waals surface area contributed by atoms with E-state index in [2.05, 4.69) is 15.5 Å². The summed E-state index contributed by atoms with van der Waals surface area (Å²) in [6.45, 7) is 2.48. The first-order valence-electron chi connectivity index (χ1n) is 9.35. The number of esters is 1. The first-order chi connectivity index (χ1) is 14.5. The molecule has 3 rings (SSSR count). The first-order valence-corrected chi connectivity index (χ1v) is 10.3. The van der Waals surface area contributed by atoms with Gasteiger partial charge >= 0.3 is 5.97 Å². The number of aromatic nitrogens is 3. The molecule has 7 nitrogen and oxygen atoms in total. The van der Waals surface area contributed by atoms with E-state index in [4.69, 9.17) is 4.74 Å². The van der Waals surface area contributed by atoms with Gasteiger partial charge in [0.25, 0.3) is 0 Å². The summed E-state index contributed by atoms with van der Waals surface area (Å²) in [5.41, 5.74) is 1.39. The fourth-order valence-corrected chi connectivity index (χ4v) is 3.47. The molecular formula is C21H21FN4O3S. The summed E-state index contributed by atoms with van der Waals surface area (Å²) in [6.07, 6.45) is -0.0102. The smallest absolute Gasteiger partial charge is 0.313 e. The van der Waals surface area contributed by atoms with Crippen LogP contribution in [-0.2, 0) is 27.3 Å². The summed E-state index contributed by atoms with van der Waals surface area (Å²) in [5.74, 6) is -0.591. The van der Waals surface area contributed by atoms with Crippen LogP contribution in [0.25, 0.3) is 0 Å². The zero-order chi connectivity index (χ0) is 21.3. The Morgan fingerprint density at radius 1 is 1.13 bits per heavy atom. The van der Waals surface area contributed by atoms with Crippen molar-refractivity contribution >= 4 is 29.3 Å². The van der Waals surface area contributed by atoms with Gasteiger partial charge in [0.05, 0.1) is 18.9 Å². The van der Waals surface area contributed by atoms with Gasteiger partial charge < -0.3 is 14.6 Å². The van der Waals surface area contributed by atoms with Crippen molar-refractivity contribution in [3.8, 4) is 0 Å². The molecule has 0 fully saturated rings. The third-order valence-corrected chi connectivity index (χ3v) is 4.99. The van der Waals surface area contributed by atoms with E-state index in [0.717, 1.165) is 5.56 Å². The number of rotatable bonds is 9. The van der Waals surface area contributed by atoms with E-state index in [-0.39, 0.29) is 30.7 Å². The van der Waals surface area contributed by atoms with Crippen LogP contribution in [0.2, 0.25) is 0 Å². The Morgan fingerprint density at radius 3 is 2.67 bits per heavy atom. The number of nitrogens with zero attached hydrogens (tertiary/aromatic N) is 3. The summed E-state index contributed by atoms with van der Waals surface area (Å²) in [4.78, 5) is 24.2. The molecule has 0 radical (unpaired) electrons. The lowest BCUT2D eigenvalue weighted by molar-refractivity contribution is -0.142. The molecule has 0 aliphatic rings. The normalized spacial score (nSPS) is 10.6. The second kappa shape index (κ2) is 10.5. The second-order valence-electron chi connectivity index (χ2n) is 6.30. The number of ether oxygens (including phenoxy) is 1. The highest BCUT2D eigenvalue weighted by atomic mass is 32.2. The average Bonchev–Trinajstić information content (AvgIpc) is 3.08. The van der Waals surface area contributed by atoms with Crippen LogP contribution < -0.4 is 5.32 Å². The summed E-state index contributed by atoms with van der Waals surface area (Å²) in [5, 5.41) is 11.4. The summed E-state index contributed by atoms with van der Waals surface area (Å²) in [6, 6.07) is 15.4. The molecule has 1 heterocycles. The van der Waals surface area contributed by atoms with Crippen molar-refractivity contribution in [1.29, 1.82) is 0 Å². The third-order valence-electron chi connectivity index (χ3n) is 4.03. The van der Waals surface area contributed by atoms with Gasteiger partial charge in [0.1, 0.15) is 18.1 Å². The van der Waals surface area contributed by atoms with Gasteiger partial charge in [0.2, 0.25) is 5.91 Å². The van der Waals surface area contributed by atoms with Crippen LogP contribution in [0.5, 0.6) is 0 Å². The Labute approximate surface area is 177 Å². The first kappa shape index (κ1) is 21.5. The quantitative estimate of drug-likeness (QED) is 0.416. The van der Waals surface area contributed by atoms with Crippen LogP contribution in [0.15, 0.2) is 59.8 Å². The Bertz CT molecular complexity index is 1010. The molecule has 0 saturated heterocycles. The topological polar surface area (TPSA) is 86.1 Å². The lowest BCUT2D eigenvalue weighted by atomic mass is 10.2. The molecule has 0 aliphatic carbocycles. The molecule has 0 spiro atoms. The van der Waals surface area contributed by atoms with E-state index in [9.17, 15) is 14.0 Å². The van der Waals surface area contributed by atoms with Crippen LogP contribution in [0, 0.1) is 5.82 Å². The Balaban J connectivity index is 1.71. The molecule has 30 heavy (non-hydrogen) atoms. The zero-order valence-corrected chi connectivity index (χ0v) is 17.2.